The van der Waals surface area contributed by atoms with Gasteiger partial charge in [-0.05, 0) is 23.8 Å². The molecule has 2 amide bonds. The molecule has 1 aromatic rings. The van der Waals surface area contributed by atoms with Crippen molar-refractivity contribution in [1.82, 2.24) is 16.1 Å². The number of rotatable bonds is 5. The Morgan fingerprint density at radius 1 is 1.55 bits per heavy atom. The minimum atomic E-state index is -0.533. The first-order valence-corrected chi connectivity index (χ1v) is 6.80. The second-order valence-corrected chi connectivity index (χ2v) is 4.73. The zero-order valence-corrected chi connectivity index (χ0v) is 12.1. The van der Waals surface area contributed by atoms with Crippen LogP contribution in [0.15, 0.2) is 23.3 Å². The summed E-state index contributed by atoms with van der Waals surface area (Å²) in [5.41, 5.74) is 2.95. The van der Waals surface area contributed by atoms with Crippen molar-refractivity contribution in [2.45, 2.75) is 12.5 Å². The zero-order valence-electron chi connectivity index (χ0n) is 12.1. The van der Waals surface area contributed by atoms with Crippen LogP contribution in [0.3, 0.4) is 0 Å². The monoisotopic (exact) mass is 306 g/mol. The molecule has 1 aliphatic rings. The second kappa shape index (κ2) is 7.41. The van der Waals surface area contributed by atoms with Crippen molar-refractivity contribution >= 4 is 18.0 Å². The van der Waals surface area contributed by atoms with E-state index in [9.17, 15) is 14.7 Å². The number of carbonyl (C=O) groups is 2. The number of amides is 2. The molecule has 0 radical (unpaired) electrons. The number of phenols is 1. The van der Waals surface area contributed by atoms with Gasteiger partial charge in [-0.15, -0.1) is 0 Å². The third kappa shape index (κ3) is 4.19. The van der Waals surface area contributed by atoms with E-state index in [0.29, 0.717) is 24.4 Å². The molecule has 1 saturated heterocycles. The number of aromatic hydroxyl groups is 1. The largest absolute Gasteiger partial charge is 0.504 e. The predicted molar refractivity (Wildman–Crippen MR) is 79.8 cm³/mol. The van der Waals surface area contributed by atoms with Crippen LogP contribution >= 0.6 is 0 Å². The molecule has 1 heterocycles. The van der Waals surface area contributed by atoms with Crippen LogP contribution < -0.4 is 20.8 Å². The normalized spacial score (nSPS) is 18.0. The summed E-state index contributed by atoms with van der Waals surface area (Å²) in [7, 11) is 1.46. The average molecular weight is 306 g/mol. The summed E-state index contributed by atoms with van der Waals surface area (Å²) in [4.78, 5) is 23.2. The smallest absolute Gasteiger partial charge is 0.242 e. The Bertz CT molecular complexity index is 588. The molecule has 2 rings (SSSR count). The highest BCUT2D eigenvalue weighted by atomic mass is 16.5. The van der Waals surface area contributed by atoms with Crippen LogP contribution in [0.5, 0.6) is 11.5 Å². The van der Waals surface area contributed by atoms with Crippen LogP contribution in [-0.2, 0) is 9.59 Å². The fourth-order valence-electron chi connectivity index (χ4n) is 2.01. The van der Waals surface area contributed by atoms with Gasteiger partial charge in [0.15, 0.2) is 11.5 Å². The number of phenolic OH excluding ortho intramolecular Hbond substituents is 1. The van der Waals surface area contributed by atoms with Crippen molar-refractivity contribution in [1.29, 1.82) is 0 Å². The lowest BCUT2D eigenvalue weighted by Crippen LogP contribution is -2.54. The van der Waals surface area contributed by atoms with Crippen molar-refractivity contribution in [3.63, 3.8) is 0 Å². The number of ether oxygens (including phenoxy) is 1. The Kier molecular flexibility index (Phi) is 5.31. The molecule has 22 heavy (non-hydrogen) atoms. The van der Waals surface area contributed by atoms with Crippen LogP contribution in [0.25, 0.3) is 0 Å². The van der Waals surface area contributed by atoms with Gasteiger partial charge in [0.05, 0.1) is 25.8 Å². The zero-order chi connectivity index (χ0) is 15.9. The maximum Gasteiger partial charge on any atom is 0.242 e. The van der Waals surface area contributed by atoms with E-state index in [1.165, 1.54) is 19.4 Å². The first-order chi connectivity index (χ1) is 10.6. The fourth-order valence-corrected chi connectivity index (χ4v) is 2.01. The van der Waals surface area contributed by atoms with Crippen LogP contribution in [0.2, 0.25) is 0 Å². The molecule has 118 valence electrons. The van der Waals surface area contributed by atoms with E-state index in [0.717, 1.165) is 0 Å². The Hall–Kier alpha value is -2.61. The molecule has 0 saturated carbocycles. The number of methoxy groups -OCH3 is 1. The van der Waals surface area contributed by atoms with E-state index in [1.807, 2.05) is 0 Å². The standard InChI is InChI=1S/C14H18N4O4/c1-22-12-3-2-9(6-11(12)19)8-17-18-13(20)7-10-14(21)16-5-4-15-10/h2-3,6,8,10,15,19H,4-5,7H2,1H3,(H,16,21)(H,18,20)/b17-8+. The van der Waals surface area contributed by atoms with Crippen molar-refractivity contribution < 1.29 is 19.4 Å². The van der Waals surface area contributed by atoms with Gasteiger partial charge in [0.2, 0.25) is 11.8 Å². The predicted octanol–water partition coefficient (Wildman–Crippen LogP) is -0.671. The van der Waals surface area contributed by atoms with E-state index >= 15 is 0 Å². The summed E-state index contributed by atoms with van der Waals surface area (Å²) in [5, 5.41) is 19.0. The van der Waals surface area contributed by atoms with Gasteiger partial charge in [0.25, 0.3) is 0 Å². The third-order valence-corrected chi connectivity index (χ3v) is 3.13. The van der Waals surface area contributed by atoms with Crippen molar-refractivity contribution in [2.24, 2.45) is 5.10 Å². The summed E-state index contributed by atoms with van der Waals surface area (Å²) < 4.78 is 4.93. The van der Waals surface area contributed by atoms with Crippen LogP contribution in [-0.4, -0.2) is 49.4 Å². The molecule has 0 aliphatic carbocycles. The maximum absolute atomic E-state index is 11.7. The number of hydrogen-bond donors (Lipinski definition) is 4. The second-order valence-electron chi connectivity index (χ2n) is 4.73. The molecular weight excluding hydrogens is 288 g/mol. The summed E-state index contributed by atoms with van der Waals surface area (Å²) >= 11 is 0. The molecular formula is C14H18N4O4. The molecule has 0 aromatic heterocycles. The summed E-state index contributed by atoms with van der Waals surface area (Å²) in [6.07, 6.45) is 1.41. The van der Waals surface area contributed by atoms with Crippen molar-refractivity contribution in [3.8, 4) is 11.5 Å². The highest BCUT2D eigenvalue weighted by Gasteiger charge is 2.23. The van der Waals surface area contributed by atoms with Gasteiger partial charge < -0.3 is 20.5 Å². The number of benzene rings is 1. The van der Waals surface area contributed by atoms with Crippen molar-refractivity contribution in [3.05, 3.63) is 23.8 Å². The Morgan fingerprint density at radius 3 is 3.05 bits per heavy atom. The molecule has 8 nitrogen and oxygen atoms in total. The molecule has 0 bridgehead atoms. The van der Waals surface area contributed by atoms with Crippen LogP contribution in [0.4, 0.5) is 0 Å². The van der Waals surface area contributed by atoms with E-state index in [4.69, 9.17) is 4.74 Å². The van der Waals surface area contributed by atoms with Gasteiger partial charge in [0.1, 0.15) is 0 Å². The first-order valence-electron chi connectivity index (χ1n) is 6.80. The highest BCUT2D eigenvalue weighted by Crippen LogP contribution is 2.25. The lowest BCUT2D eigenvalue weighted by Gasteiger charge is -2.22. The Labute approximate surface area is 127 Å². The van der Waals surface area contributed by atoms with Crippen LogP contribution in [0, 0.1) is 0 Å². The quantitative estimate of drug-likeness (QED) is 0.426. The molecule has 1 aliphatic heterocycles. The van der Waals surface area contributed by atoms with Gasteiger partial charge in [-0.2, -0.15) is 5.10 Å². The van der Waals surface area contributed by atoms with Gasteiger partial charge in [0, 0.05) is 13.1 Å². The number of piperazine rings is 1. The van der Waals surface area contributed by atoms with Gasteiger partial charge in [-0.1, -0.05) is 0 Å². The number of carbonyl (C=O) groups excluding carboxylic acids is 2. The lowest BCUT2D eigenvalue weighted by atomic mass is 10.1. The SMILES string of the molecule is COc1ccc(/C=N/NC(=O)CC2NCCNC2=O)cc1O. The minimum absolute atomic E-state index is 0.0109. The number of hydrazone groups is 1. The highest BCUT2D eigenvalue weighted by molar-refractivity contribution is 5.89. The van der Waals surface area contributed by atoms with Gasteiger partial charge in [-0.3, -0.25) is 9.59 Å². The lowest BCUT2D eigenvalue weighted by molar-refractivity contribution is -0.129. The molecule has 1 atom stereocenters. The summed E-state index contributed by atoms with van der Waals surface area (Å²) in [6.45, 7) is 1.20. The van der Waals surface area contributed by atoms with E-state index in [2.05, 4.69) is 21.2 Å². The first kappa shape index (κ1) is 15.8. The number of hydrogen-bond acceptors (Lipinski definition) is 6. The third-order valence-electron chi connectivity index (χ3n) is 3.13. The van der Waals surface area contributed by atoms with Gasteiger partial charge in [-0.25, -0.2) is 5.43 Å². The molecule has 4 N–H and O–H groups in total. The Balaban J connectivity index is 1.85. The van der Waals surface area contributed by atoms with E-state index in [1.54, 1.807) is 12.1 Å². The molecule has 1 aromatic carbocycles. The van der Waals surface area contributed by atoms with Gasteiger partial charge >= 0.3 is 0 Å². The van der Waals surface area contributed by atoms with Crippen molar-refractivity contribution in [2.75, 3.05) is 20.2 Å². The fraction of sp³-hybridized carbons (Fsp3) is 0.357. The topological polar surface area (TPSA) is 112 Å². The van der Waals surface area contributed by atoms with Crippen LogP contribution in [0.1, 0.15) is 12.0 Å². The maximum atomic E-state index is 11.7. The van der Waals surface area contributed by atoms with E-state index < -0.39 is 6.04 Å². The molecule has 8 heteroatoms. The molecule has 1 unspecified atom stereocenters. The van der Waals surface area contributed by atoms with E-state index in [-0.39, 0.29) is 24.0 Å². The Morgan fingerprint density at radius 2 is 2.36 bits per heavy atom. The molecule has 1 fully saturated rings. The summed E-state index contributed by atoms with van der Waals surface area (Å²) in [5.74, 6) is -0.217. The number of nitrogens with zero attached hydrogens (tertiary/aromatic N) is 1. The summed E-state index contributed by atoms with van der Waals surface area (Å²) in [6, 6.07) is 4.21. The minimum Gasteiger partial charge on any atom is -0.504 e. The number of nitrogens with one attached hydrogen (secondary N) is 3. The average Bonchev–Trinajstić information content (AvgIpc) is 2.50. The molecule has 0 spiro atoms.